The van der Waals surface area contributed by atoms with Crippen LogP contribution in [0.15, 0.2) is 24.3 Å². The molecule has 1 aromatic rings. The molecular weight excluding hydrogens is 257 g/mol. The number of sulfone groups is 1. The Morgan fingerprint density at radius 2 is 1.94 bits per heavy atom. The highest BCUT2D eigenvalue weighted by molar-refractivity contribution is 7.91. The lowest BCUT2D eigenvalue weighted by Gasteiger charge is -2.26. The fraction of sp³-hybridized carbons (Fsp3) is 0.500. The van der Waals surface area contributed by atoms with Crippen LogP contribution in [0.3, 0.4) is 0 Å². The topological polar surface area (TPSA) is 80.4 Å². The molecule has 0 amide bonds. The van der Waals surface area contributed by atoms with Crippen molar-refractivity contribution in [3.05, 3.63) is 35.6 Å². The minimum absolute atomic E-state index is 0.0258. The fourth-order valence-electron chi connectivity index (χ4n) is 1.81. The fourth-order valence-corrected chi connectivity index (χ4v) is 2.50. The van der Waals surface area contributed by atoms with E-state index in [0.29, 0.717) is 0 Å². The molecule has 0 heterocycles. The van der Waals surface area contributed by atoms with E-state index in [1.54, 1.807) is 6.07 Å². The smallest absolute Gasteiger partial charge is 0.152 e. The average molecular weight is 275 g/mol. The van der Waals surface area contributed by atoms with E-state index < -0.39 is 32.9 Å². The van der Waals surface area contributed by atoms with Gasteiger partial charge >= 0.3 is 0 Å². The Morgan fingerprint density at radius 3 is 2.39 bits per heavy atom. The molecule has 1 aromatic carbocycles. The van der Waals surface area contributed by atoms with Crippen molar-refractivity contribution in [1.29, 1.82) is 0 Å². The molecule has 0 saturated heterocycles. The highest BCUT2D eigenvalue weighted by Crippen LogP contribution is 2.25. The summed E-state index contributed by atoms with van der Waals surface area (Å²) < 4.78 is 36.5. The number of aliphatic hydroxyl groups is 1. The van der Waals surface area contributed by atoms with Crippen LogP contribution in [0.4, 0.5) is 4.39 Å². The quantitative estimate of drug-likeness (QED) is 0.827. The first kappa shape index (κ1) is 15.1. The Morgan fingerprint density at radius 1 is 1.39 bits per heavy atom. The van der Waals surface area contributed by atoms with Gasteiger partial charge in [0.15, 0.2) is 9.84 Å². The zero-order valence-corrected chi connectivity index (χ0v) is 11.2. The molecule has 0 aliphatic carbocycles. The van der Waals surface area contributed by atoms with E-state index in [0.717, 1.165) is 6.26 Å². The molecular formula is C12H18FNO3S. The van der Waals surface area contributed by atoms with Crippen molar-refractivity contribution >= 4 is 9.84 Å². The van der Waals surface area contributed by atoms with Gasteiger partial charge in [-0.15, -0.1) is 0 Å². The molecule has 0 spiro atoms. The summed E-state index contributed by atoms with van der Waals surface area (Å²) in [6.45, 7) is 1.37. The van der Waals surface area contributed by atoms with Crippen LogP contribution in [0.5, 0.6) is 0 Å². The van der Waals surface area contributed by atoms with Crippen LogP contribution < -0.4 is 5.73 Å². The lowest BCUT2D eigenvalue weighted by Crippen LogP contribution is -2.38. The van der Waals surface area contributed by atoms with Gasteiger partial charge in [-0.3, -0.25) is 0 Å². The van der Waals surface area contributed by atoms with E-state index in [2.05, 4.69) is 0 Å². The molecule has 0 saturated carbocycles. The maximum Gasteiger partial charge on any atom is 0.152 e. The van der Waals surface area contributed by atoms with E-state index in [-0.39, 0.29) is 12.1 Å². The van der Waals surface area contributed by atoms with Crippen molar-refractivity contribution in [3.63, 3.8) is 0 Å². The third-order valence-corrected chi connectivity index (χ3v) is 4.76. The zero-order valence-electron chi connectivity index (χ0n) is 10.4. The molecule has 0 aliphatic rings. The molecule has 6 heteroatoms. The first-order valence-electron chi connectivity index (χ1n) is 5.60. The molecule has 0 fully saturated rings. The van der Waals surface area contributed by atoms with Gasteiger partial charge in [0, 0.05) is 18.7 Å². The van der Waals surface area contributed by atoms with Crippen molar-refractivity contribution in [2.24, 2.45) is 5.73 Å². The Hall–Kier alpha value is -0.980. The largest absolute Gasteiger partial charge is 0.391 e. The van der Waals surface area contributed by atoms with Gasteiger partial charge in [0.05, 0.1) is 11.4 Å². The van der Waals surface area contributed by atoms with Crippen molar-refractivity contribution < 1.29 is 17.9 Å². The van der Waals surface area contributed by atoms with Crippen LogP contribution in [0, 0.1) is 5.82 Å². The molecule has 102 valence electrons. The molecule has 4 nitrogen and oxygen atoms in total. The summed E-state index contributed by atoms with van der Waals surface area (Å²) in [5, 5.41) is 9.07. The predicted octanol–water partition coefficient (Wildman–Crippen LogP) is 0.662. The first-order chi connectivity index (χ1) is 8.29. The third-order valence-electron chi connectivity index (χ3n) is 3.13. The van der Waals surface area contributed by atoms with Crippen LogP contribution in [-0.4, -0.2) is 37.7 Å². The SMILES string of the molecule is CC(C(O)C(CN)c1ccccc1F)S(C)(=O)=O. The van der Waals surface area contributed by atoms with Gasteiger partial charge in [0.1, 0.15) is 5.82 Å². The average Bonchev–Trinajstić information content (AvgIpc) is 2.30. The summed E-state index contributed by atoms with van der Waals surface area (Å²) in [5.41, 5.74) is 5.77. The summed E-state index contributed by atoms with van der Waals surface area (Å²) >= 11 is 0. The van der Waals surface area contributed by atoms with Gasteiger partial charge in [-0.1, -0.05) is 18.2 Å². The molecule has 0 bridgehead atoms. The number of nitrogens with two attached hydrogens (primary N) is 1. The van der Waals surface area contributed by atoms with Crippen LogP contribution >= 0.6 is 0 Å². The normalized spacial score (nSPS) is 17.2. The number of hydrogen-bond acceptors (Lipinski definition) is 4. The standard InChI is InChI=1S/C12H18FNO3S/c1-8(18(2,16)17)12(15)10(7-14)9-5-3-4-6-11(9)13/h3-6,8,10,12,15H,7,14H2,1-2H3. The Kier molecular flexibility index (Phi) is 4.84. The molecule has 3 unspecified atom stereocenters. The molecule has 0 radical (unpaired) electrons. The summed E-state index contributed by atoms with van der Waals surface area (Å²) in [6.07, 6.45) is -0.197. The molecule has 3 atom stereocenters. The van der Waals surface area contributed by atoms with E-state index >= 15 is 0 Å². The molecule has 0 aliphatic heterocycles. The number of benzene rings is 1. The van der Waals surface area contributed by atoms with Gasteiger partial charge in [0.2, 0.25) is 0 Å². The van der Waals surface area contributed by atoms with Crippen LogP contribution in [0.25, 0.3) is 0 Å². The van der Waals surface area contributed by atoms with Crippen molar-refractivity contribution in [2.45, 2.75) is 24.2 Å². The van der Waals surface area contributed by atoms with Gasteiger partial charge in [-0.25, -0.2) is 12.8 Å². The molecule has 0 aromatic heterocycles. The van der Waals surface area contributed by atoms with Gasteiger partial charge < -0.3 is 10.8 Å². The van der Waals surface area contributed by atoms with Crippen LogP contribution in [-0.2, 0) is 9.84 Å². The minimum Gasteiger partial charge on any atom is -0.391 e. The number of hydrogen-bond donors (Lipinski definition) is 2. The second kappa shape index (κ2) is 5.77. The zero-order chi connectivity index (χ0) is 13.9. The van der Waals surface area contributed by atoms with Crippen LogP contribution in [0.2, 0.25) is 0 Å². The Bertz CT molecular complexity index is 504. The molecule has 3 N–H and O–H groups in total. The van der Waals surface area contributed by atoms with Crippen molar-refractivity contribution in [2.75, 3.05) is 12.8 Å². The van der Waals surface area contributed by atoms with Crippen molar-refractivity contribution in [3.8, 4) is 0 Å². The number of aliphatic hydroxyl groups excluding tert-OH is 1. The third kappa shape index (κ3) is 3.28. The van der Waals surface area contributed by atoms with E-state index in [4.69, 9.17) is 5.73 Å². The summed E-state index contributed by atoms with van der Waals surface area (Å²) in [4.78, 5) is 0. The van der Waals surface area contributed by atoms with Gasteiger partial charge in [-0.05, 0) is 18.6 Å². The predicted molar refractivity (Wildman–Crippen MR) is 68.5 cm³/mol. The summed E-state index contributed by atoms with van der Waals surface area (Å²) in [5.74, 6) is -1.23. The lowest BCUT2D eigenvalue weighted by molar-refractivity contribution is 0.142. The van der Waals surface area contributed by atoms with E-state index in [1.807, 2.05) is 0 Å². The lowest BCUT2D eigenvalue weighted by atomic mass is 9.91. The maximum absolute atomic E-state index is 13.6. The first-order valence-corrected chi connectivity index (χ1v) is 7.56. The minimum atomic E-state index is -3.41. The van der Waals surface area contributed by atoms with Gasteiger partial charge in [0.25, 0.3) is 0 Å². The molecule has 18 heavy (non-hydrogen) atoms. The molecule has 1 rings (SSSR count). The maximum atomic E-state index is 13.6. The summed E-state index contributed by atoms with van der Waals surface area (Å²) in [7, 11) is -3.41. The summed E-state index contributed by atoms with van der Waals surface area (Å²) in [6, 6.07) is 5.92. The number of rotatable bonds is 5. The second-order valence-corrected chi connectivity index (χ2v) is 6.79. The highest BCUT2D eigenvalue weighted by atomic mass is 32.2. The second-order valence-electron chi connectivity index (χ2n) is 4.39. The Balaban J connectivity index is 3.08. The van der Waals surface area contributed by atoms with Crippen LogP contribution in [0.1, 0.15) is 18.4 Å². The monoisotopic (exact) mass is 275 g/mol. The van der Waals surface area contributed by atoms with Gasteiger partial charge in [-0.2, -0.15) is 0 Å². The Labute approximate surface area is 107 Å². The van der Waals surface area contributed by atoms with Crippen molar-refractivity contribution in [1.82, 2.24) is 0 Å². The highest BCUT2D eigenvalue weighted by Gasteiger charge is 2.32. The number of halogens is 1. The van der Waals surface area contributed by atoms with E-state index in [1.165, 1.54) is 25.1 Å². The van der Waals surface area contributed by atoms with E-state index in [9.17, 15) is 17.9 Å².